The van der Waals surface area contributed by atoms with E-state index in [1.165, 1.54) is 6.20 Å². The van der Waals surface area contributed by atoms with Crippen molar-refractivity contribution in [2.75, 3.05) is 0 Å². The molecule has 0 N–H and O–H groups in total. The fourth-order valence-corrected chi connectivity index (χ4v) is 2.27. The monoisotopic (exact) mass is 276 g/mol. The molecule has 1 aromatic heterocycles. The molecule has 94 valence electrons. The minimum absolute atomic E-state index is 0.0530. The van der Waals surface area contributed by atoms with Crippen molar-refractivity contribution in [3.05, 3.63) is 16.5 Å². The Balaban J connectivity index is 2.07. The van der Waals surface area contributed by atoms with Crippen molar-refractivity contribution in [1.29, 1.82) is 0 Å². The molecule has 1 fully saturated rings. The van der Waals surface area contributed by atoms with E-state index in [9.17, 15) is 0 Å². The van der Waals surface area contributed by atoms with E-state index in [2.05, 4.69) is 9.97 Å². The van der Waals surface area contributed by atoms with Crippen molar-refractivity contribution in [3.8, 4) is 5.88 Å². The quantitative estimate of drug-likeness (QED) is 0.779. The van der Waals surface area contributed by atoms with Gasteiger partial charge in [0.15, 0.2) is 0 Å². The van der Waals surface area contributed by atoms with Gasteiger partial charge in [-0.25, -0.2) is 4.98 Å². The van der Waals surface area contributed by atoms with Crippen LogP contribution in [0, 0.1) is 0 Å². The van der Waals surface area contributed by atoms with Gasteiger partial charge in [-0.05, 0) is 25.4 Å². The lowest BCUT2D eigenvalue weighted by Gasteiger charge is -2.32. The molecule has 0 aliphatic carbocycles. The predicted octanol–water partition coefficient (Wildman–Crippen LogP) is 3.12. The zero-order chi connectivity index (χ0) is 12.4. The minimum Gasteiger partial charge on any atom is -0.473 e. The van der Waals surface area contributed by atoms with Gasteiger partial charge in [0.2, 0.25) is 11.2 Å². The summed E-state index contributed by atoms with van der Waals surface area (Å²) in [4.78, 5) is 7.76. The van der Waals surface area contributed by atoms with Crippen molar-refractivity contribution < 1.29 is 9.47 Å². The van der Waals surface area contributed by atoms with Crippen LogP contribution in [0.25, 0.3) is 0 Å². The van der Waals surface area contributed by atoms with Crippen molar-refractivity contribution in [2.45, 2.75) is 45.0 Å². The molecular weight excluding hydrogens is 263 g/mol. The molecule has 0 bridgehead atoms. The van der Waals surface area contributed by atoms with Crippen LogP contribution in [0.15, 0.2) is 6.20 Å². The molecule has 2 unspecified atom stereocenters. The Labute approximate surface area is 110 Å². The topological polar surface area (TPSA) is 44.2 Å². The van der Waals surface area contributed by atoms with E-state index in [4.69, 9.17) is 32.7 Å². The number of rotatable bonds is 2. The Hall–Kier alpha value is -0.580. The molecule has 0 radical (unpaired) electrons. The second-order valence-corrected chi connectivity index (χ2v) is 5.01. The summed E-state index contributed by atoms with van der Waals surface area (Å²) in [6, 6.07) is 0. The third kappa shape index (κ3) is 3.44. The molecule has 17 heavy (non-hydrogen) atoms. The van der Waals surface area contributed by atoms with E-state index in [1.807, 2.05) is 13.8 Å². The number of ether oxygens (including phenoxy) is 2. The third-order valence-corrected chi connectivity index (χ3v) is 3.06. The van der Waals surface area contributed by atoms with E-state index >= 15 is 0 Å². The molecule has 6 heteroatoms. The number of hydrogen-bond donors (Lipinski definition) is 0. The summed E-state index contributed by atoms with van der Waals surface area (Å²) in [6.45, 7) is 4.06. The first-order valence-corrected chi connectivity index (χ1v) is 6.30. The van der Waals surface area contributed by atoms with Crippen molar-refractivity contribution in [2.24, 2.45) is 0 Å². The lowest BCUT2D eigenvalue weighted by atomic mass is 10.0. The van der Waals surface area contributed by atoms with Gasteiger partial charge in [-0.15, -0.1) is 0 Å². The highest BCUT2D eigenvalue weighted by molar-refractivity contribution is 6.32. The van der Waals surface area contributed by atoms with Gasteiger partial charge in [-0.1, -0.05) is 11.6 Å². The maximum absolute atomic E-state index is 5.95. The first-order chi connectivity index (χ1) is 8.04. The fourth-order valence-electron chi connectivity index (χ4n) is 2.01. The molecule has 4 nitrogen and oxygen atoms in total. The summed E-state index contributed by atoms with van der Waals surface area (Å²) in [7, 11) is 0. The summed E-state index contributed by atoms with van der Waals surface area (Å²) in [5.74, 6) is 0.345. The van der Waals surface area contributed by atoms with Crippen LogP contribution < -0.4 is 4.74 Å². The molecule has 1 aromatic rings. The van der Waals surface area contributed by atoms with Crippen molar-refractivity contribution >= 4 is 23.2 Å². The van der Waals surface area contributed by atoms with Gasteiger partial charge >= 0.3 is 0 Å². The van der Waals surface area contributed by atoms with Crippen molar-refractivity contribution in [3.63, 3.8) is 0 Å². The third-order valence-electron chi connectivity index (χ3n) is 2.62. The van der Waals surface area contributed by atoms with Crippen molar-refractivity contribution in [1.82, 2.24) is 9.97 Å². The molecule has 2 rings (SSSR count). The average Bonchev–Trinajstić information content (AvgIpc) is 2.22. The standard InChI is InChI=1S/C11H14Cl2N2O2/c1-6-3-8(4-7(2)16-6)17-10-9(12)5-14-11(13)15-10/h5-8H,3-4H2,1-2H3. The van der Waals surface area contributed by atoms with Gasteiger partial charge in [-0.2, -0.15) is 4.98 Å². The first-order valence-electron chi connectivity index (χ1n) is 5.54. The predicted molar refractivity (Wildman–Crippen MR) is 65.7 cm³/mol. The molecule has 0 aromatic carbocycles. The van der Waals surface area contributed by atoms with E-state index in [-0.39, 0.29) is 23.6 Å². The molecular formula is C11H14Cl2N2O2. The van der Waals surface area contributed by atoms with E-state index in [0.717, 1.165) is 12.8 Å². The van der Waals surface area contributed by atoms with Crippen LogP contribution >= 0.6 is 23.2 Å². The number of aromatic nitrogens is 2. The highest BCUT2D eigenvalue weighted by Gasteiger charge is 2.26. The average molecular weight is 277 g/mol. The van der Waals surface area contributed by atoms with E-state index in [1.54, 1.807) is 0 Å². The Kier molecular flexibility index (Phi) is 4.07. The lowest BCUT2D eigenvalue weighted by Crippen LogP contribution is -2.35. The normalized spacial score (nSPS) is 29.1. The van der Waals surface area contributed by atoms with Crippen LogP contribution in [-0.4, -0.2) is 28.3 Å². The van der Waals surface area contributed by atoms with Crippen LogP contribution in [0.5, 0.6) is 5.88 Å². The maximum Gasteiger partial charge on any atom is 0.237 e. The largest absolute Gasteiger partial charge is 0.473 e. The molecule has 1 aliphatic rings. The minimum atomic E-state index is 0.0530. The number of hydrogen-bond acceptors (Lipinski definition) is 4. The van der Waals surface area contributed by atoms with Gasteiger partial charge in [0, 0.05) is 12.8 Å². The Morgan fingerprint density at radius 1 is 1.29 bits per heavy atom. The highest BCUT2D eigenvalue weighted by atomic mass is 35.5. The van der Waals surface area contributed by atoms with Crippen LogP contribution in [-0.2, 0) is 4.74 Å². The second-order valence-electron chi connectivity index (χ2n) is 4.26. The highest BCUT2D eigenvalue weighted by Crippen LogP contribution is 2.27. The molecule has 0 saturated carbocycles. The maximum atomic E-state index is 5.95. The molecule has 1 aliphatic heterocycles. The van der Waals surface area contributed by atoms with E-state index < -0.39 is 0 Å². The molecule has 0 amide bonds. The smallest absolute Gasteiger partial charge is 0.237 e. The molecule has 1 saturated heterocycles. The van der Waals surface area contributed by atoms with Crippen LogP contribution in [0.4, 0.5) is 0 Å². The lowest BCUT2D eigenvalue weighted by molar-refractivity contribution is -0.0729. The Bertz CT molecular complexity index is 393. The van der Waals surface area contributed by atoms with Gasteiger partial charge in [0.05, 0.1) is 18.4 Å². The number of halogens is 2. The van der Waals surface area contributed by atoms with E-state index in [0.29, 0.717) is 10.9 Å². The molecule has 0 spiro atoms. The van der Waals surface area contributed by atoms with Gasteiger partial charge in [0.1, 0.15) is 11.1 Å². The summed E-state index contributed by atoms with van der Waals surface area (Å²) in [5.41, 5.74) is 0. The molecule has 2 heterocycles. The van der Waals surface area contributed by atoms with Gasteiger partial charge in [-0.3, -0.25) is 0 Å². The van der Waals surface area contributed by atoms with Gasteiger partial charge < -0.3 is 9.47 Å². The summed E-state index contributed by atoms with van der Waals surface area (Å²) >= 11 is 11.7. The zero-order valence-electron chi connectivity index (χ0n) is 9.69. The Morgan fingerprint density at radius 3 is 2.59 bits per heavy atom. The summed E-state index contributed by atoms with van der Waals surface area (Å²) < 4.78 is 11.4. The molecule has 2 atom stereocenters. The fraction of sp³-hybridized carbons (Fsp3) is 0.636. The summed E-state index contributed by atoms with van der Waals surface area (Å²) in [5, 5.41) is 0.513. The van der Waals surface area contributed by atoms with Crippen LogP contribution in [0.3, 0.4) is 0 Å². The summed E-state index contributed by atoms with van der Waals surface area (Å²) in [6.07, 6.45) is 3.50. The first kappa shape index (κ1) is 12.9. The zero-order valence-corrected chi connectivity index (χ0v) is 11.2. The SMILES string of the molecule is CC1CC(Oc2nc(Cl)ncc2Cl)CC(C)O1. The van der Waals surface area contributed by atoms with Gasteiger partial charge in [0.25, 0.3) is 0 Å². The van der Waals surface area contributed by atoms with Crippen LogP contribution in [0.1, 0.15) is 26.7 Å². The number of nitrogens with zero attached hydrogens (tertiary/aromatic N) is 2. The Morgan fingerprint density at radius 2 is 1.94 bits per heavy atom. The van der Waals surface area contributed by atoms with Crippen LogP contribution in [0.2, 0.25) is 10.3 Å². The second kappa shape index (κ2) is 5.38.